The van der Waals surface area contributed by atoms with Crippen molar-refractivity contribution in [2.24, 2.45) is 5.41 Å². The first kappa shape index (κ1) is 24.6. The van der Waals surface area contributed by atoms with Crippen LogP contribution in [0.1, 0.15) is 26.3 Å². The van der Waals surface area contributed by atoms with E-state index in [1.54, 1.807) is 12.1 Å². The van der Waals surface area contributed by atoms with Crippen molar-refractivity contribution in [3.8, 4) is 17.2 Å². The second-order valence-electron chi connectivity index (χ2n) is 8.63. The Hall–Kier alpha value is -4.07. The number of benzene rings is 3. The molecule has 0 amide bonds. The minimum absolute atomic E-state index is 0.0989. The molecule has 1 unspecified atom stereocenters. The third-order valence-corrected chi connectivity index (χ3v) is 4.93. The molecule has 8 heteroatoms. The summed E-state index contributed by atoms with van der Waals surface area (Å²) < 4.78 is 22.3. The topological polar surface area (TPSA) is 97.1 Å². The largest absolute Gasteiger partial charge is 0.514 e. The number of non-ortho nitro benzene ring substituents is 1. The van der Waals surface area contributed by atoms with Crippen LogP contribution in [0, 0.1) is 15.5 Å². The number of hydrogen-bond acceptors (Lipinski definition) is 7. The van der Waals surface area contributed by atoms with E-state index in [1.165, 1.54) is 24.3 Å². The van der Waals surface area contributed by atoms with Crippen LogP contribution in [0.5, 0.6) is 17.2 Å². The van der Waals surface area contributed by atoms with Crippen LogP contribution >= 0.6 is 0 Å². The van der Waals surface area contributed by atoms with E-state index in [0.29, 0.717) is 18.1 Å². The molecule has 3 aromatic carbocycles. The van der Waals surface area contributed by atoms with Gasteiger partial charge in [0, 0.05) is 17.5 Å². The third kappa shape index (κ3) is 7.51. The number of nitro groups is 1. The fourth-order valence-electron chi connectivity index (χ4n) is 2.88. The van der Waals surface area contributed by atoms with Gasteiger partial charge in [-0.3, -0.25) is 10.1 Å². The predicted molar refractivity (Wildman–Crippen MR) is 126 cm³/mol. The Balaban J connectivity index is 1.52. The van der Waals surface area contributed by atoms with E-state index >= 15 is 0 Å². The molecule has 178 valence electrons. The molecule has 0 N–H and O–H groups in total. The molecule has 0 heterocycles. The van der Waals surface area contributed by atoms with Crippen LogP contribution in [0.2, 0.25) is 0 Å². The summed E-state index contributed by atoms with van der Waals surface area (Å²) in [5, 5.41) is 10.7. The lowest BCUT2D eigenvalue weighted by Gasteiger charge is -2.29. The summed E-state index contributed by atoms with van der Waals surface area (Å²) >= 11 is 0. The van der Waals surface area contributed by atoms with Gasteiger partial charge in [0.1, 0.15) is 36.6 Å². The lowest BCUT2D eigenvalue weighted by Crippen LogP contribution is -2.37. The van der Waals surface area contributed by atoms with Gasteiger partial charge < -0.3 is 18.9 Å². The molecule has 0 fully saturated rings. The number of hydrogen-bond donors (Lipinski definition) is 0. The predicted octanol–water partition coefficient (Wildman–Crippen LogP) is 6.18. The van der Waals surface area contributed by atoms with Crippen molar-refractivity contribution in [3.63, 3.8) is 0 Å². The first-order valence-corrected chi connectivity index (χ1v) is 10.7. The van der Waals surface area contributed by atoms with Crippen molar-refractivity contribution in [1.29, 1.82) is 0 Å². The SMILES string of the molecule is CC(C)(C)C(COc1ccc(OCc2ccccc2)cc1)OC(=O)Oc1ccc([N+](=O)[O-])cc1. The van der Waals surface area contributed by atoms with Gasteiger partial charge in [-0.05, 0) is 42.0 Å². The highest BCUT2D eigenvalue weighted by atomic mass is 16.7. The van der Waals surface area contributed by atoms with Crippen molar-refractivity contribution in [3.05, 3.63) is 94.5 Å². The first-order chi connectivity index (χ1) is 16.2. The van der Waals surface area contributed by atoms with Gasteiger partial charge in [0.05, 0.1) is 4.92 Å². The van der Waals surface area contributed by atoms with Crippen LogP contribution < -0.4 is 14.2 Å². The molecule has 34 heavy (non-hydrogen) atoms. The number of carbonyl (C=O) groups excluding carboxylic acids is 1. The maximum atomic E-state index is 12.3. The Bertz CT molecular complexity index is 1070. The maximum Gasteiger partial charge on any atom is 0.514 e. The zero-order valence-electron chi connectivity index (χ0n) is 19.3. The minimum atomic E-state index is -0.915. The molecular formula is C26H27NO7. The Morgan fingerprint density at radius 3 is 1.97 bits per heavy atom. The second-order valence-corrected chi connectivity index (χ2v) is 8.63. The lowest BCUT2D eigenvalue weighted by atomic mass is 9.89. The molecule has 0 bridgehead atoms. The van der Waals surface area contributed by atoms with Gasteiger partial charge in [0.15, 0.2) is 0 Å². The lowest BCUT2D eigenvalue weighted by molar-refractivity contribution is -0.384. The van der Waals surface area contributed by atoms with E-state index in [-0.39, 0.29) is 18.0 Å². The fourth-order valence-corrected chi connectivity index (χ4v) is 2.88. The molecule has 3 aromatic rings. The molecule has 0 aliphatic rings. The molecular weight excluding hydrogens is 438 g/mol. The summed E-state index contributed by atoms with van der Waals surface area (Å²) in [5.41, 5.74) is 0.555. The van der Waals surface area contributed by atoms with Crippen molar-refractivity contribution in [2.45, 2.75) is 33.5 Å². The highest BCUT2D eigenvalue weighted by Crippen LogP contribution is 2.26. The van der Waals surface area contributed by atoms with E-state index in [2.05, 4.69) is 0 Å². The monoisotopic (exact) mass is 465 g/mol. The standard InChI is InChI=1S/C26H27NO7/c1-26(2,3)24(34-25(28)33-23-11-9-20(10-12-23)27(29)30)18-32-22-15-13-21(14-16-22)31-17-19-7-5-4-6-8-19/h4-16,24H,17-18H2,1-3H3. The van der Waals surface area contributed by atoms with E-state index in [9.17, 15) is 14.9 Å². The Morgan fingerprint density at radius 1 is 0.853 bits per heavy atom. The second kappa shape index (κ2) is 11.2. The highest BCUT2D eigenvalue weighted by Gasteiger charge is 2.30. The number of carbonyl (C=O) groups is 1. The maximum absolute atomic E-state index is 12.3. The average molecular weight is 466 g/mol. The number of ether oxygens (including phenoxy) is 4. The Morgan fingerprint density at radius 2 is 1.41 bits per heavy atom. The minimum Gasteiger partial charge on any atom is -0.490 e. The van der Waals surface area contributed by atoms with Gasteiger partial charge in [-0.2, -0.15) is 0 Å². The number of nitrogens with zero attached hydrogens (tertiary/aromatic N) is 1. The van der Waals surface area contributed by atoms with E-state index in [0.717, 1.165) is 5.56 Å². The molecule has 1 atom stereocenters. The molecule has 0 aliphatic heterocycles. The summed E-state index contributed by atoms with van der Waals surface area (Å²) in [6, 6.07) is 22.3. The van der Waals surface area contributed by atoms with Crippen LogP contribution in [-0.4, -0.2) is 23.8 Å². The van der Waals surface area contributed by atoms with Gasteiger partial charge >= 0.3 is 6.16 Å². The number of nitro benzene ring substituents is 1. The zero-order chi connectivity index (χ0) is 24.6. The van der Waals surface area contributed by atoms with Gasteiger partial charge in [-0.1, -0.05) is 51.1 Å². The van der Waals surface area contributed by atoms with Crippen LogP contribution in [0.25, 0.3) is 0 Å². The van der Waals surface area contributed by atoms with Crippen LogP contribution in [0.4, 0.5) is 10.5 Å². The van der Waals surface area contributed by atoms with Crippen molar-refractivity contribution >= 4 is 11.8 Å². The first-order valence-electron chi connectivity index (χ1n) is 10.7. The van der Waals surface area contributed by atoms with Crippen molar-refractivity contribution in [2.75, 3.05) is 6.61 Å². The van der Waals surface area contributed by atoms with E-state index < -0.39 is 22.6 Å². The van der Waals surface area contributed by atoms with Crippen molar-refractivity contribution < 1.29 is 28.7 Å². The van der Waals surface area contributed by atoms with Crippen LogP contribution in [-0.2, 0) is 11.3 Å². The summed E-state index contributed by atoms with van der Waals surface area (Å²) in [5.74, 6) is 1.47. The normalized spacial score (nSPS) is 11.9. The molecule has 0 saturated carbocycles. The molecule has 0 saturated heterocycles. The Labute approximate surface area is 198 Å². The van der Waals surface area contributed by atoms with Crippen LogP contribution in [0.15, 0.2) is 78.9 Å². The van der Waals surface area contributed by atoms with Gasteiger partial charge in [-0.25, -0.2) is 4.79 Å². The summed E-state index contributed by atoms with van der Waals surface area (Å²) in [6.45, 7) is 6.34. The quantitative estimate of drug-likeness (QED) is 0.161. The summed E-state index contributed by atoms with van der Waals surface area (Å²) in [4.78, 5) is 22.5. The van der Waals surface area contributed by atoms with E-state index in [1.807, 2.05) is 63.2 Å². The molecule has 0 spiro atoms. The number of rotatable bonds is 9. The molecule has 8 nitrogen and oxygen atoms in total. The highest BCUT2D eigenvalue weighted by molar-refractivity contribution is 5.64. The van der Waals surface area contributed by atoms with Gasteiger partial charge in [-0.15, -0.1) is 0 Å². The third-order valence-electron chi connectivity index (χ3n) is 4.93. The molecule has 0 radical (unpaired) electrons. The summed E-state index contributed by atoms with van der Waals surface area (Å²) in [7, 11) is 0. The van der Waals surface area contributed by atoms with E-state index in [4.69, 9.17) is 18.9 Å². The fraction of sp³-hybridized carbons (Fsp3) is 0.269. The van der Waals surface area contributed by atoms with Gasteiger partial charge in [0.25, 0.3) is 5.69 Å². The zero-order valence-corrected chi connectivity index (χ0v) is 19.3. The molecule has 0 aromatic heterocycles. The van der Waals surface area contributed by atoms with Crippen LogP contribution in [0.3, 0.4) is 0 Å². The average Bonchev–Trinajstić information content (AvgIpc) is 2.81. The van der Waals surface area contributed by atoms with Gasteiger partial charge in [0.2, 0.25) is 0 Å². The van der Waals surface area contributed by atoms with Crippen molar-refractivity contribution in [1.82, 2.24) is 0 Å². The smallest absolute Gasteiger partial charge is 0.490 e. The summed E-state index contributed by atoms with van der Waals surface area (Å²) in [6.07, 6.45) is -1.52. The molecule has 3 rings (SSSR count). The Kier molecular flexibility index (Phi) is 8.08. The molecule has 0 aliphatic carbocycles.